The second-order valence-corrected chi connectivity index (χ2v) is 4.96. The Balaban J connectivity index is 3.40. The van der Waals surface area contributed by atoms with E-state index in [0.717, 1.165) is 12.8 Å². The van der Waals surface area contributed by atoms with Crippen LogP contribution < -0.4 is 0 Å². The molecule has 20 heavy (non-hydrogen) atoms. The molecule has 1 rings (SSSR count). The molecule has 1 aliphatic carbocycles. The van der Waals surface area contributed by atoms with E-state index >= 15 is 0 Å². The van der Waals surface area contributed by atoms with Crippen LogP contribution in [0.3, 0.4) is 0 Å². The van der Waals surface area contributed by atoms with Crippen molar-refractivity contribution in [2.24, 2.45) is 5.92 Å². The molecular weight excluding hydrogens is 274 g/mol. The Hall–Kier alpha value is -2.23. The summed E-state index contributed by atoms with van der Waals surface area (Å²) in [6.07, 6.45) is 3.93. The number of ether oxygens (including phenoxy) is 1. The highest BCUT2D eigenvalue weighted by Crippen LogP contribution is 2.43. The van der Waals surface area contributed by atoms with Crippen molar-refractivity contribution in [1.82, 2.24) is 0 Å². The molecule has 6 heteroatoms. The van der Waals surface area contributed by atoms with E-state index in [2.05, 4.69) is 4.74 Å². The van der Waals surface area contributed by atoms with Crippen molar-refractivity contribution >= 4 is 17.7 Å². The molecule has 0 radical (unpaired) electrons. The minimum atomic E-state index is -0.662. The lowest BCUT2D eigenvalue weighted by atomic mass is 9.95. The molecule has 0 amide bonds. The molecule has 5 nitrogen and oxygen atoms in total. The van der Waals surface area contributed by atoms with Gasteiger partial charge < -0.3 is 4.74 Å². The van der Waals surface area contributed by atoms with Crippen LogP contribution in [0.1, 0.15) is 19.3 Å². The average molecular weight is 287 g/mol. The summed E-state index contributed by atoms with van der Waals surface area (Å²) in [5, 5.41) is 27.2. The fourth-order valence-corrected chi connectivity index (χ4v) is 3.18. The van der Waals surface area contributed by atoms with Gasteiger partial charge in [0.25, 0.3) is 0 Å². The summed E-state index contributed by atoms with van der Waals surface area (Å²) in [6.45, 7) is 0. The molecule has 1 fully saturated rings. The molecule has 0 aromatic heterocycles. The van der Waals surface area contributed by atoms with E-state index in [0.29, 0.717) is 16.9 Å². The summed E-state index contributed by atoms with van der Waals surface area (Å²) < 4.78 is 4.62. The van der Waals surface area contributed by atoms with Crippen LogP contribution in [0.4, 0.5) is 0 Å². The Bertz CT molecular complexity index is 583. The van der Waals surface area contributed by atoms with E-state index in [4.69, 9.17) is 15.8 Å². The van der Waals surface area contributed by atoms with E-state index in [1.807, 2.05) is 18.2 Å². The number of carbonyl (C=O) groups excluding carboxylic acids is 1. The number of nitrogens with zero attached hydrogens (tertiary/aromatic N) is 3. The summed E-state index contributed by atoms with van der Waals surface area (Å²) >= 11 is 1.31. The van der Waals surface area contributed by atoms with Crippen LogP contribution in [0.15, 0.2) is 21.6 Å². The van der Waals surface area contributed by atoms with E-state index in [-0.39, 0.29) is 17.1 Å². The molecular formula is C14H13N3O2S. The van der Waals surface area contributed by atoms with Gasteiger partial charge in [-0.3, -0.25) is 0 Å². The van der Waals surface area contributed by atoms with Crippen molar-refractivity contribution in [1.29, 1.82) is 15.8 Å². The molecule has 0 aliphatic heterocycles. The molecule has 1 unspecified atom stereocenters. The molecule has 0 saturated heterocycles. The van der Waals surface area contributed by atoms with Gasteiger partial charge >= 0.3 is 5.97 Å². The van der Waals surface area contributed by atoms with Crippen LogP contribution in [0.25, 0.3) is 0 Å². The molecule has 0 aromatic rings. The van der Waals surface area contributed by atoms with Crippen molar-refractivity contribution in [3.63, 3.8) is 0 Å². The average Bonchev–Trinajstić information content (AvgIpc) is 2.94. The zero-order valence-corrected chi connectivity index (χ0v) is 12.1. The lowest BCUT2D eigenvalue weighted by molar-refractivity contribution is -0.135. The third kappa shape index (κ3) is 3.02. The van der Waals surface area contributed by atoms with Crippen LogP contribution in [0.2, 0.25) is 0 Å². The summed E-state index contributed by atoms with van der Waals surface area (Å²) in [4.78, 5) is 12.3. The first kappa shape index (κ1) is 15.8. The van der Waals surface area contributed by atoms with Gasteiger partial charge in [0.2, 0.25) is 0 Å². The Morgan fingerprint density at radius 3 is 2.40 bits per heavy atom. The van der Waals surface area contributed by atoms with Gasteiger partial charge in [-0.15, -0.1) is 11.8 Å². The van der Waals surface area contributed by atoms with Crippen LogP contribution in [0, 0.1) is 39.9 Å². The van der Waals surface area contributed by atoms with Crippen LogP contribution in [-0.4, -0.2) is 19.3 Å². The van der Waals surface area contributed by atoms with Gasteiger partial charge in [-0.1, -0.05) is 0 Å². The quantitative estimate of drug-likeness (QED) is 0.449. The van der Waals surface area contributed by atoms with Crippen molar-refractivity contribution in [3.05, 3.63) is 21.6 Å². The number of thioether (sulfide) groups is 1. The molecule has 1 atom stereocenters. The molecule has 0 N–H and O–H groups in total. The molecule has 1 aliphatic rings. The second-order valence-electron chi connectivity index (χ2n) is 4.12. The molecule has 0 spiro atoms. The number of hydrogen-bond acceptors (Lipinski definition) is 6. The number of esters is 1. The highest BCUT2D eigenvalue weighted by molar-refractivity contribution is 8.02. The zero-order valence-electron chi connectivity index (χ0n) is 11.3. The fraction of sp³-hybridized carbons (Fsp3) is 0.429. The number of methoxy groups -OCH3 is 1. The minimum absolute atomic E-state index is 0.00298. The third-order valence-electron chi connectivity index (χ3n) is 3.19. The maximum atomic E-state index is 11.6. The van der Waals surface area contributed by atoms with E-state index in [1.54, 1.807) is 6.26 Å². The van der Waals surface area contributed by atoms with Crippen LogP contribution >= 0.6 is 11.8 Å². The molecule has 1 saturated carbocycles. The highest BCUT2D eigenvalue weighted by atomic mass is 32.2. The first-order valence-electron chi connectivity index (χ1n) is 5.94. The fourth-order valence-electron chi connectivity index (χ4n) is 2.34. The lowest BCUT2D eigenvalue weighted by Crippen LogP contribution is -2.11. The van der Waals surface area contributed by atoms with E-state index in [1.165, 1.54) is 18.9 Å². The van der Waals surface area contributed by atoms with Crippen LogP contribution in [0.5, 0.6) is 0 Å². The topological polar surface area (TPSA) is 97.7 Å². The first-order chi connectivity index (χ1) is 9.64. The van der Waals surface area contributed by atoms with Gasteiger partial charge in [0.1, 0.15) is 29.4 Å². The summed E-state index contributed by atoms with van der Waals surface area (Å²) in [7, 11) is 1.23. The van der Waals surface area contributed by atoms with Gasteiger partial charge in [0.05, 0.1) is 7.11 Å². The number of nitriles is 3. The standard InChI is InChI=1S/C14H13N3O2S/c1-19-14(18)12(8-17)10-4-3-5-11(10)13(20-2)9(6-15)7-16/h11H,3-5H2,1-2H3/b12-10+. The van der Waals surface area contributed by atoms with E-state index in [9.17, 15) is 4.79 Å². The number of carbonyl (C=O) groups is 1. The molecule has 0 aromatic carbocycles. The summed E-state index contributed by atoms with van der Waals surface area (Å²) in [6, 6.07) is 5.64. The Kier molecular flexibility index (Phi) is 5.84. The Labute approximate surface area is 122 Å². The number of rotatable bonds is 3. The van der Waals surface area contributed by atoms with Gasteiger partial charge in [-0.25, -0.2) is 4.79 Å². The maximum Gasteiger partial charge on any atom is 0.348 e. The van der Waals surface area contributed by atoms with Gasteiger partial charge in [0.15, 0.2) is 0 Å². The van der Waals surface area contributed by atoms with Crippen molar-refractivity contribution in [2.75, 3.05) is 13.4 Å². The van der Waals surface area contributed by atoms with Gasteiger partial charge in [-0.2, -0.15) is 15.8 Å². The summed E-state index contributed by atoms with van der Waals surface area (Å²) in [5.41, 5.74) is 0.715. The predicted molar refractivity (Wildman–Crippen MR) is 73.8 cm³/mol. The van der Waals surface area contributed by atoms with Crippen molar-refractivity contribution < 1.29 is 9.53 Å². The van der Waals surface area contributed by atoms with Gasteiger partial charge in [0, 0.05) is 10.8 Å². The number of allylic oxidation sites excluding steroid dienone is 3. The SMILES string of the molecule is COC(=O)/C(C#N)=C1\CCCC1C(SC)=C(C#N)C#N. The third-order valence-corrected chi connectivity index (χ3v) is 4.12. The number of hydrogen-bond donors (Lipinski definition) is 0. The highest BCUT2D eigenvalue weighted by Gasteiger charge is 2.31. The first-order valence-corrected chi connectivity index (χ1v) is 7.16. The summed E-state index contributed by atoms with van der Waals surface area (Å²) in [5.74, 6) is -0.877. The molecule has 0 heterocycles. The molecule has 102 valence electrons. The second kappa shape index (κ2) is 7.38. The monoisotopic (exact) mass is 287 g/mol. The predicted octanol–water partition coefficient (Wildman–Crippen LogP) is 2.44. The Morgan fingerprint density at radius 2 is 1.95 bits per heavy atom. The lowest BCUT2D eigenvalue weighted by Gasteiger charge is -2.16. The van der Waals surface area contributed by atoms with Crippen LogP contribution in [-0.2, 0) is 9.53 Å². The smallest absolute Gasteiger partial charge is 0.348 e. The normalized spacial score (nSPS) is 19.2. The van der Waals surface area contributed by atoms with Gasteiger partial charge in [-0.05, 0) is 31.1 Å². The Morgan fingerprint density at radius 1 is 1.30 bits per heavy atom. The molecule has 0 bridgehead atoms. The maximum absolute atomic E-state index is 11.6. The van der Waals surface area contributed by atoms with E-state index < -0.39 is 5.97 Å². The largest absolute Gasteiger partial charge is 0.465 e. The zero-order chi connectivity index (χ0) is 15.1. The van der Waals surface area contributed by atoms with Crippen molar-refractivity contribution in [3.8, 4) is 18.2 Å². The minimum Gasteiger partial charge on any atom is -0.465 e. The van der Waals surface area contributed by atoms with Crippen molar-refractivity contribution in [2.45, 2.75) is 19.3 Å².